The average molecular weight is 286 g/mol. The van der Waals surface area contributed by atoms with E-state index >= 15 is 0 Å². The third-order valence-corrected chi connectivity index (χ3v) is 4.17. The van der Waals surface area contributed by atoms with Crippen LogP contribution >= 0.6 is 11.3 Å². The van der Waals surface area contributed by atoms with Gasteiger partial charge in [0.05, 0.1) is 23.3 Å². The summed E-state index contributed by atoms with van der Waals surface area (Å²) in [6, 6.07) is 7.63. The third kappa shape index (κ3) is 2.18. The summed E-state index contributed by atoms with van der Waals surface area (Å²) in [5, 5.41) is 7.88. The fourth-order valence-corrected chi connectivity index (χ4v) is 2.90. The molecule has 3 aromatic rings. The molecule has 0 radical (unpaired) electrons. The fraction of sp³-hybridized carbons (Fsp3) is 0.214. The molecule has 0 bridgehead atoms. The molecule has 0 atom stereocenters. The van der Waals surface area contributed by atoms with Crippen molar-refractivity contribution in [2.45, 2.75) is 13.5 Å². The van der Waals surface area contributed by atoms with Crippen LogP contribution in [-0.4, -0.2) is 33.0 Å². The van der Waals surface area contributed by atoms with E-state index in [1.165, 1.54) is 0 Å². The number of carbonyl (C=O) groups excluding carboxylic acids is 1. The van der Waals surface area contributed by atoms with Gasteiger partial charge < -0.3 is 4.90 Å². The molecule has 0 saturated carbocycles. The van der Waals surface area contributed by atoms with Crippen LogP contribution in [0.15, 0.2) is 29.8 Å². The SMILES string of the molecule is Cc1ncsc1CN(C)C(=O)c1n[nH]c2ccccc12. The lowest BCUT2D eigenvalue weighted by atomic mass is 10.2. The molecule has 0 unspecified atom stereocenters. The van der Waals surface area contributed by atoms with Gasteiger partial charge in [-0.1, -0.05) is 18.2 Å². The fourth-order valence-electron chi connectivity index (χ4n) is 2.07. The van der Waals surface area contributed by atoms with Gasteiger partial charge in [-0.25, -0.2) is 4.98 Å². The topological polar surface area (TPSA) is 61.9 Å². The van der Waals surface area contributed by atoms with Crippen LogP contribution < -0.4 is 0 Å². The van der Waals surface area contributed by atoms with Crippen molar-refractivity contribution in [3.63, 3.8) is 0 Å². The molecule has 102 valence electrons. The first kappa shape index (κ1) is 12.8. The number of amides is 1. The molecule has 20 heavy (non-hydrogen) atoms. The number of thiazole rings is 1. The number of aromatic amines is 1. The summed E-state index contributed by atoms with van der Waals surface area (Å²) < 4.78 is 0. The number of nitrogens with one attached hydrogen (secondary N) is 1. The highest BCUT2D eigenvalue weighted by Crippen LogP contribution is 2.19. The number of H-pyrrole nitrogens is 1. The van der Waals surface area contributed by atoms with E-state index in [1.54, 1.807) is 28.8 Å². The lowest BCUT2D eigenvalue weighted by Gasteiger charge is -2.15. The number of para-hydroxylation sites is 1. The molecule has 0 saturated heterocycles. The second-order valence-corrected chi connectivity index (χ2v) is 5.58. The van der Waals surface area contributed by atoms with Gasteiger partial charge in [0, 0.05) is 17.3 Å². The molecule has 5 nitrogen and oxygen atoms in total. The Morgan fingerprint density at radius 3 is 2.95 bits per heavy atom. The van der Waals surface area contributed by atoms with Crippen molar-refractivity contribution in [3.8, 4) is 0 Å². The summed E-state index contributed by atoms with van der Waals surface area (Å²) in [4.78, 5) is 19.5. The molecule has 0 aliphatic heterocycles. The van der Waals surface area contributed by atoms with E-state index in [9.17, 15) is 4.79 Å². The number of fused-ring (bicyclic) bond motifs is 1. The van der Waals surface area contributed by atoms with Gasteiger partial charge in [-0.05, 0) is 13.0 Å². The Labute approximate surface area is 120 Å². The van der Waals surface area contributed by atoms with Crippen LogP contribution in [0.25, 0.3) is 10.9 Å². The number of rotatable bonds is 3. The second-order valence-electron chi connectivity index (χ2n) is 4.64. The Morgan fingerprint density at radius 1 is 1.40 bits per heavy atom. The highest BCUT2D eigenvalue weighted by atomic mass is 32.1. The molecule has 1 aromatic carbocycles. The molecular weight excluding hydrogens is 272 g/mol. The van der Waals surface area contributed by atoms with E-state index < -0.39 is 0 Å². The van der Waals surface area contributed by atoms with Crippen LogP contribution in [0.5, 0.6) is 0 Å². The zero-order valence-corrected chi connectivity index (χ0v) is 12.1. The Kier molecular flexibility index (Phi) is 3.23. The molecular formula is C14H14N4OS. The number of carbonyl (C=O) groups is 1. The van der Waals surface area contributed by atoms with Gasteiger partial charge in [0.25, 0.3) is 5.91 Å². The highest BCUT2D eigenvalue weighted by Gasteiger charge is 2.19. The quantitative estimate of drug-likeness (QED) is 0.805. The minimum atomic E-state index is -0.0877. The predicted octanol–water partition coefficient (Wildman–Crippen LogP) is 2.60. The van der Waals surface area contributed by atoms with Crippen molar-refractivity contribution in [3.05, 3.63) is 46.0 Å². The van der Waals surface area contributed by atoms with Crippen molar-refractivity contribution in [1.82, 2.24) is 20.1 Å². The van der Waals surface area contributed by atoms with Crippen LogP contribution in [0, 0.1) is 6.92 Å². The summed E-state index contributed by atoms with van der Waals surface area (Å²) in [5.41, 5.74) is 4.11. The third-order valence-electron chi connectivity index (χ3n) is 3.25. The normalized spacial score (nSPS) is 10.9. The van der Waals surface area contributed by atoms with Gasteiger partial charge in [-0.2, -0.15) is 5.10 Å². The van der Waals surface area contributed by atoms with Gasteiger partial charge in [-0.15, -0.1) is 11.3 Å². The van der Waals surface area contributed by atoms with Crippen molar-refractivity contribution in [2.24, 2.45) is 0 Å². The standard InChI is InChI=1S/C14H14N4OS/c1-9-12(20-8-15-9)7-18(2)14(19)13-10-5-3-4-6-11(10)16-17-13/h3-6,8H,7H2,1-2H3,(H,16,17). The van der Waals surface area contributed by atoms with Crippen LogP contribution in [0.1, 0.15) is 21.1 Å². The van der Waals surface area contributed by atoms with E-state index in [0.29, 0.717) is 12.2 Å². The molecule has 1 N–H and O–H groups in total. The zero-order valence-electron chi connectivity index (χ0n) is 11.3. The second kappa shape index (κ2) is 5.05. The highest BCUT2D eigenvalue weighted by molar-refractivity contribution is 7.09. The number of benzene rings is 1. The molecule has 2 heterocycles. The van der Waals surface area contributed by atoms with Crippen molar-refractivity contribution < 1.29 is 4.79 Å². The molecule has 3 rings (SSSR count). The maximum Gasteiger partial charge on any atom is 0.275 e. The molecule has 6 heteroatoms. The van der Waals surface area contributed by atoms with Crippen LogP contribution in [0.3, 0.4) is 0 Å². The minimum Gasteiger partial charge on any atom is -0.335 e. The lowest BCUT2D eigenvalue weighted by molar-refractivity contribution is 0.0782. The Morgan fingerprint density at radius 2 is 2.20 bits per heavy atom. The molecule has 2 aromatic heterocycles. The lowest BCUT2D eigenvalue weighted by Crippen LogP contribution is -2.26. The van der Waals surface area contributed by atoms with Crippen molar-refractivity contribution in [1.29, 1.82) is 0 Å². The Bertz CT molecular complexity index is 761. The molecule has 0 spiro atoms. The minimum absolute atomic E-state index is 0.0877. The maximum atomic E-state index is 12.5. The molecule has 0 aliphatic carbocycles. The van der Waals surface area contributed by atoms with Gasteiger partial charge in [0.15, 0.2) is 5.69 Å². The monoisotopic (exact) mass is 286 g/mol. The van der Waals surface area contributed by atoms with E-state index in [0.717, 1.165) is 21.5 Å². The van der Waals surface area contributed by atoms with Crippen molar-refractivity contribution >= 4 is 28.1 Å². The van der Waals surface area contributed by atoms with Gasteiger partial charge in [0.1, 0.15) is 0 Å². The summed E-state index contributed by atoms with van der Waals surface area (Å²) in [6.07, 6.45) is 0. The van der Waals surface area contributed by atoms with E-state index in [1.807, 2.05) is 31.2 Å². The van der Waals surface area contributed by atoms with Crippen molar-refractivity contribution in [2.75, 3.05) is 7.05 Å². The average Bonchev–Trinajstić information content (AvgIpc) is 3.05. The first-order valence-corrected chi connectivity index (χ1v) is 7.12. The number of aryl methyl sites for hydroxylation is 1. The molecule has 0 aliphatic rings. The van der Waals surface area contributed by atoms with Crippen LogP contribution in [0.2, 0.25) is 0 Å². The summed E-state index contributed by atoms with van der Waals surface area (Å²) in [5.74, 6) is -0.0877. The predicted molar refractivity (Wildman–Crippen MR) is 78.7 cm³/mol. The summed E-state index contributed by atoms with van der Waals surface area (Å²) >= 11 is 1.56. The largest absolute Gasteiger partial charge is 0.335 e. The summed E-state index contributed by atoms with van der Waals surface area (Å²) in [7, 11) is 1.78. The summed E-state index contributed by atoms with van der Waals surface area (Å²) in [6.45, 7) is 2.50. The first-order valence-electron chi connectivity index (χ1n) is 6.24. The Hall–Kier alpha value is -2.21. The zero-order chi connectivity index (χ0) is 14.1. The van der Waals surface area contributed by atoms with E-state index in [2.05, 4.69) is 15.2 Å². The number of nitrogens with zero attached hydrogens (tertiary/aromatic N) is 3. The number of aromatic nitrogens is 3. The molecule has 0 fully saturated rings. The smallest absolute Gasteiger partial charge is 0.275 e. The van der Waals surface area contributed by atoms with Gasteiger partial charge in [0.2, 0.25) is 0 Å². The van der Waals surface area contributed by atoms with Gasteiger partial charge >= 0.3 is 0 Å². The number of hydrogen-bond acceptors (Lipinski definition) is 4. The number of hydrogen-bond donors (Lipinski definition) is 1. The van der Waals surface area contributed by atoms with E-state index in [4.69, 9.17) is 0 Å². The van der Waals surface area contributed by atoms with Crippen LogP contribution in [-0.2, 0) is 6.54 Å². The van der Waals surface area contributed by atoms with Gasteiger partial charge in [-0.3, -0.25) is 9.89 Å². The molecule has 1 amide bonds. The maximum absolute atomic E-state index is 12.5. The Balaban J connectivity index is 1.87. The first-order chi connectivity index (χ1) is 9.66. The van der Waals surface area contributed by atoms with Crippen LogP contribution in [0.4, 0.5) is 0 Å². The van der Waals surface area contributed by atoms with E-state index in [-0.39, 0.29) is 5.91 Å².